The quantitative estimate of drug-likeness (QED) is 0.723. The maximum Gasteiger partial charge on any atom is 0.208 e. The fraction of sp³-hybridized carbons (Fsp3) is 0.368. The second-order valence-corrected chi connectivity index (χ2v) is 7.44. The van der Waals surface area contributed by atoms with E-state index in [4.69, 9.17) is 4.74 Å². The fourth-order valence-electron chi connectivity index (χ4n) is 3.18. The summed E-state index contributed by atoms with van der Waals surface area (Å²) in [6.45, 7) is 2.30. The zero-order chi connectivity index (χ0) is 18.6. The third-order valence-corrected chi connectivity index (χ3v) is 5.47. The number of nitrogens with one attached hydrogen (secondary N) is 1. The maximum absolute atomic E-state index is 5.12. The van der Waals surface area contributed by atoms with Crippen LogP contribution in [0.5, 0.6) is 5.75 Å². The molecule has 1 aliphatic rings. The predicted molar refractivity (Wildman–Crippen MR) is 107 cm³/mol. The highest BCUT2D eigenvalue weighted by Gasteiger charge is 2.18. The third kappa shape index (κ3) is 4.23. The summed E-state index contributed by atoms with van der Waals surface area (Å²) < 4.78 is 9.49. The summed E-state index contributed by atoms with van der Waals surface area (Å²) in [5.41, 5.74) is 2.03. The lowest BCUT2D eigenvalue weighted by Crippen LogP contribution is -2.29. The van der Waals surface area contributed by atoms with Crippen molar-refractivity contribution in [2.75, 3.05) is 32.6 Å². The Bertz CT molecular complexity index is 872. The van der Waals surface area contributed by atoms with Gasteiger partial charge in [0.1, 0.15) is 17.3 Å². The minimum Gasteiger partial charge on any atom is -0.495 e. The van der Waals surface area contributed by atoms with Gasteiger partial charge in [-0.1, -0.05) is 6.07 Å². The van der Waals surface area contributed by atoms with E-state index < -0.39 is 0 Å². The molecule has 7 nitrogen and oxygen atoms in total. The number of anilines is 2. The molecule has 1 fully saturated rings. The SMILES string of the molecule is COc1ccc(-c2nsc(Nc3ccc(C4CCN(C)CC4)cn3)n2)nc1. The highest BCUT2D eigenvalue weighted by molar-refractivity contribution is 7.09. The Morgan fingerprint density at radius 3 is 2.63 bits per heavy atom. The summed E-state index contributed by atoms with van der Waals surface area (Å²) in [6, 6.07) is 7.87. The van der Waals surface area contributed by atoms with Crippen LogP contribution in [0.3, 0.4) is 0 Å². The van der Waals surface area contributed by atoms with Gasteiger partial charge in [-0.05, 0) is 62.7 Å². The summed E-state index contributed by atoms with van der Waals surface area (Å²) >= 11 is 1.29. The van der Waals surface area contributed by atoms with E-state index in [0.717, 1.165) is 18.9 Å². The normalized spacial score (nSPS) is 15.6. The van der Waals surface area contributed by atoms with Crippen LogP contribution in [0.2, 0.25) is 0 Å². The monoisotopic (exact) mass is 382 g/mol. The van der Waals surface area contributed by atoms with Crippen LogP contribution in [-0.4, -0.2) is 51.5 Å². The van der Waals surface area contributed by atoms with Crippen LogP contribution in [0, 0.1) is 0 Å². The fourth-order valence-corrected chi connectivity index (χ4v) is 3.77. The first kappa shape index (κ1) is 17.8. The molecule has 1 aliphatic heterocycles. The lowest BCUT2D eigenvalue weighted by Gasteiger charge is -2.29. The maximum atomic E-state index is 5.12. The van der Waals surface area contributed by atoms with Crippen molar-refractivity contribution in [1.29, 1.82) is 0 Å². The number of nitrogens with zero attached hydrogens (tertiary/aromatic N) is 5. The summed E-state index contributed by atoms with van der Waals surface area (Å²) in [5, 5.41) is 3.92. The molecule has 0 aromatic carbocycles. The van der Waals surface area contributed by atoms with Gasteiger partial charge in [0, 0.05) is 17.7 Å². The number of rotatable bonds is 5. The van der Waals surface area contributed by atoms with Crippen molar-refractivity contribution >= 4 is 22.5 Å². The van der Waals surface area contributed by atoms with E-state index in [1.165, 1.54) is 29.9 Å². The molecule has 0 atom stereocenters. The molecule has 8 heteroatoms. The van der Waals surface area contributed by atoms with Gasteiger partial charge >= 0.3 is 0 Å². The molecule has 0 radical (unpaired) electrons. The van der Waals surface area contributed by atoms with Gasteiger partial charge < -0.3 is 15.0 Å². The number of methoxy groups -OCH3 is 1. The lowest BCUT2D eigenvalue weighted by molar-refractivity contribution is 0.255. The topological polar surface area (TPSA) is 76.1 Å². The van der Waals surface area contributed by atoms with Crippen molar-refractivity contribution in [3.05, 3.63) is 42.2 Å². The largest absolute Gasteiger partial charge is 0.495 e. The van der Waals surface area contributed by atoms with Crippen LogP contribution in [0.4, 0.5) is 10.9 Å². The number of likely N-dealkylation sites (tertiary alicyclic amines) is 1. The van der Waals surface area contributed by atoms with Crippen LogP contribution in [0.15, 0.2) is 36.7 Å². The molecule has 0 spiro atoms. The van der Waals surface area contributed by atoms with Gasteiger partial charge in [-0.2, -0.15) is 9.36 Å². The van der Waals surface area contributed by atoms with Crippen molar-refractivity contribution in [1.82, 2.24) is 24.2 Å². The number of piperidine rings is 1. The number of hydrogen-bond acceptors (Lipinski definition) is 8. The molecule has 140 valence electrons. The molecule has 0 unspecified atom stereocenters. The van der Waals surface area contributed by atoms with Gasteiger partial charge in [-0.15, -0.1) is 0 Å². The smallest absolute Gasteiger partial charge is 0.208 e. The number of pyridine rings is 2. The van der Waals surface area contributed by atoms with Crippen molar-refractivity contribution in [3.8, 4) is 17.3 Å². The molecule has 0 aliphatic carbocycles. The molecule has 3 aromatic heterocycles. The summed E-state index contributed by atoms with van der Waals surface area (Å²) in [7, 11) is 3.80. The van der Waals surface area contributed by atoms with Crippen LogP contribution in [0.25, 0.3) is 11.5 Å². The molecule has 4 heterocycles. The van der Waals surface area contributed by atoms with Gasteiger partial charge in [0.25, 0.3) is 0 Å². The molecule has 27 heavy (non-hydrogen) atoms. The van der Waals surface area contributed by atoms with Gasteiger partial charge in [0.15, 0.2) is 5.82 Å². The lowest BCUT2D eigenvalue weighted by atomic mass is 9.91. The summed E-state index contributed by atoms with van der Waals surface area (Å²) in [6.07, 6.45) is 6.03. The van der Waals surface area contributed by atoms with E-state index in [2.05, 4.69) is 42.7 Å². The first-order chi connectivity index (χ1) is 13.2. The Kier molecular flexibility index (Phi) is 5.26. The molecule has 1 N–H and O–H groups in total. The van der Waals surface area contributed by atoms with Crippen LogP contribution in [0.1, 0.15) is 24.3 Å². The second-order valence-electron chi connectivity index (χ2n) is 6.69. The van der Waals surface area contributed by atoms with E-state index in [0.29, 0.717) is 28.3 Å². The zero-order valence-electron chi connectivity index (χ0n) is 15.4. The highest BCUT2D eigenvalue weighted by atomic mass is 32.1. The summed E-state index contributed by atoms with van der Waals surface area (Å²) in [4.78, 5) is 15.8. The Morgan fingerprint density at radius 1 is 1.11 bits per heavy atom. The molecule has 0 amide bonds. The number of aromatic nitrogens is 4. The van der Waals surface area contributed by atoms with Crippen molar-refractivity contribution in [3.63, 3.8) is 0 Å². The zero-order valence-corrected chi connectivity index (χ0v) is 16.2. The van der Waals surface area contributed by atoms with Gasteiger partial charge in [-0.3, -0.25) is 0 Å². The van der Waals surface area contributed by atoms with Crippen LogP contribution in [-0.2, 0) is 0 Å². The molecule has 1 saturated heterocycles. The van der Waals surface area contributed by atoms with Crippen LogP contribution < -0.4 is 10.1 Å². The molecular formula is C19H22N6OS. The Morgan fingerprint density at radius 2 is 1.96 bits per heavy atom. The molecule has 4 rings (SSSR count). The average molecular weight is 382 g/mol. The average Bonchev–Trinajstić information content (AvgIpc) is 3.18. The minimum atomic E-state index is 0.591. The molecule has 3 aromatic rings. The van der Waals surface area contributed by atoms with E-state index >= 15 is 0 Å². The van der Waals surface area contributed by atoms with E-state index in [1.807, 2.05) is 24.4 Å². The van der Waals surface area contributed by atoms with Gasteiger partial charge in [0.2, 0.25) is 5.13 Å². The van der Waals surface area contributed by atoms with Crippen molar-refractivity contribution in [2.45, 2.75) is 18.8 Å². The predicted octanol–water partition coefficient (Wildman–Crippen LogP) is 3.56. The van der Waals surface area contributed by atoms with Crippen LogP contribution >= 0.6 is 11.5 Å². The number of hydrogen-bond donors (Lipinski definition) is 1. The van der Waals surface area contributed by atoms with E-state index in [9.17, 15) is 0 Å². The first-order valence-electron chi connectivity index (χ1n) is 8.97. The molecular weight excluding hydrogens is 360 g/mol. The molecule has 0 saturated carbocycles. The minimum absolute atomic E-state index is 0.591. The van der Waals surface area contributed by atoms with E-state index in [-0.39, 0.29) is 0 Å². The standard InChI is InChI=1S/C19H22N6OS/c1-25-9-7-13(8-10-25)14-3-6-17(21-11-14)22-19-23-18(24-27-19)16-5-4-15(26-2)12-20-16/h3-6,11-13H,7-10H2,1-2H3,(H,21,22,23,24). The van der Waals surface area contributed by atoms with E-state index in [1.54, 1.807) is 13.3 Å². The van der Waals surface area contributed by atoms with Gasteiger partial charge in [-0.25, -0.2) is 9.97 Å². The van der Waals surface area contributed by atoms with Crippen molar-refractivity contribution < 1.29 is 4.74 Å². The third-order valence-electron chi connectivity index (χ3n) is 4.84. The first-order valence-corrected chi connectivity index (χ1v) is 9.74. The van der Waals surface area contributed by atoms with Crippen molar-refractivity contribution in [2.24, 2.45) is 0 Å². The molecule has 0 bridgehead atoms. The highest BCUT2D eigenvalue weighted by Crippen LogP contribution is 2.28. The van der Waals surface area contributed by atoms with Gasteiger partial charge in [0.05, 0.1) is 13.3 Å². The second kappa shape index (κ2) is 7.98. The Labute approximate surface area is 162 Å². The Hall–Kier alpha value is -2.58. The summed E-state index contributed by atoms with van der Waals surface area (Å²) in [5.74, 6) is 2.68. The Balaban J connectivity index is 1.41. The number of ether oxygens (including phenoxy) is 1.